The number of hydrogen-bond acceptors (Lipinski definition) is 5. The lowest BCUT2D eigenvalue weighted by atomic mass is 9.97. The van der Waals surface area contributed by atoms with Gasteiger partial charge in [0.2, 0.25) is 5.82 Å². The minimum atomic E-state index is 0.553. The number of aryl methyl sites for hydroxylation is 1. The minimum absolute atomic E-state index is 0.553. The Morgan fingerprint density at radius 1 is 1.07 bits per heavy atom. The Kier molecular flexibility index (Phi) is 4.65. The summed E-state index contributed by atoms with van der Waals surface area (Å²) in [7, 11) is 0. The molecule has 4 aromatic rings. The molecule has 0 aliphatic carbocycles. The van der Waals surface area contributed by atoms with Gasteiger partial charge in [-0.15, -0.1) is 10.2 Å². The molecule has 0 amide bonds. The SMILES string of the molecule is CCCc1nc(N)cn1Cc1ccc(-c2ccccc2)c(-c2nn[nH]n2)c1. The quantitative estimate of drug-likeness (QED) is 0.550. The number of tetrazole rings is 1. The second kappa shape index (κ2) is 7.41. The van der Waals surface area contributed by atoms with Crippen molar-refractivity contribution in [3.05, 3.63) is 66.1 Å². The van der Waals surface area contributed by atoms with Crippen molar-refractivity contribution in [1.82, 2.24) is 30.2 Å². The number of anilines is 1. The van der Waals surface area contributed by atoms with Crippen LogP contribution in [0.4, 0.5) is 5.82 Å². The lowest BCUT2D eigenvalue weighted by molar-refractivity contribution is 0.705. The van der Waals surface area contributed by atoms with Crippen LogP contribution in [0, 0.1) is 0 Å². The maximum absolute atomic E-state index is 5.91. The monoisotopic (exact) mass is 359 g/mol. The molecule has 0 saturated carbocycles. The van der Waals surface area contributed by atoms with Gasteiger partial charge in [0.25, 0.3) is 0 Å². The molecule has 0 saturated heterocycles. The zero-order valence-corrected chi connectivity index (χ0v) is 15.1. The third kappa shape index (κ3) is 3.57. The molecule has 0 aliphatic heterocycles. The number of hydrogen-bond donors (Lipinski definition) is 2. The fourth-order valence-corrected chi connectivity index (χ4v) is 3.25. The van der Waals surface area contributed by atoms with Crippen LogP contribution in [-0.2, 0) is 13.0 Å². The summed E-state index contributed by atoms with van der Waals surface area (Å²) in [6, 6.07) is 16.5. The zero-order chi connectivity index (χ0) is 18.6. The first-order chi connectivity index (χ1) is 13.2. The summed E-state index contributed by atoms with van der Waals surface area (Å²) >= 11 is 0. The molecule has 0 fully saturated rings. The number of benzene rings is 2. The van der Waals surface area contributed by atoms with Crippen LogP contribution < -0.4 is 5.73 Å². The summed E-state index contributed by atoms with van der Waals surface area (Å²) in [4.78, 5) is 4.44. The molecule has 0 bridgehead atoms. The number of aromatic nitrogens is 6. The van der Waals surface area contributed by atoms with E-state index in [4.69, 9.17) is 5.73 Å². The first kappa shape index (κ1) is 17.0. The van der Waals surface area contributed by atoms with Crippen LogP contribution in [0.5, 0.6) is 0 Å². The standard InChI is InChI=1S/C20H21N7/c1-2-6-19-22-18(21)13-27(19)12-14-9-10-16(15-7-4-3-5-8-15)17(11-14)20-23-25-26-24-20/h3-5,7-11,13H,2,6,12,21H2,1H3,(H,23,24,25,26). The van der Waals surface area contributed by atoms with E-state index in [0.717, 1.165) is 40.9 Å². The third-order valence-corrected chi connectivity index (χ3v) is 4.46. The molecule has 2 heterocycles. The van der Waals surface area contributed by atoms with E-state index in [1.165, 1.54) is 0 Å². The predicted octanol–water partition coefficient (Wildman–Crippen LogP) is 3.31. The van der Waals surface area contributed by atoms with Crippen LogP contribution in [-0.4, -0.2) is 30.2 Å². The lowest BCUT2D eigenvalue weighted by Crippen LogP contribution is -2.04. The van der Waals surface area contributed by atoms with Gasteiger partial charge in [-0.1, -0.05) is 49.4 Å². The second-order valence-corrected chi connectivity index (χ2v) is 6.44. The normalized spacial score (nSPS) is 11.0. The average molecular weight is 359 g/mol. The van der Waals surface area contributed by atoms with Crippen molar-refractivity contribution in [3.8, 4) is 22.5 Å². The van der Waals surface area contributed by atoms with Crippen LogP contribution in [0.3, 0.4) is 0 Å². The number of imidazole rings is 1. The molecule has 0 spiro atoms. The largest absolute Gasteiger partial charge is 0.382 e. The third-order valence-electron chi connectivity index (χ3n) is 4.46. The number of H-pyrrole nitrogens is 1. The number of nitrogens with zero attached hydrogens (tertiary/aromatic N) is 5. The first-order valence-corrected chi connectivity index (χ1v) is 8.98. The predicted molar refractivity (Wildman–Crippen MR) is 105 cm³/mol. The molecule has 3 N–H and O–H groups in total. The Morgan fingerprint density at radius 2 is 1.93 bits per heavy atom. The Balaban J connectivity index is 1.75. The van der Waals surface area contributed by atoms with Crippen LogP contribution in [0.15, 0.2) is 54.7 Å². The molecule has 136 valence electrons. The van der Waals surface area contributed by atoms with Crippen molar-refractivity contribution in [3.63, 3.8) is 0 Å². The molecule has 7 heteroatoms. The number of rotatable bonds is 6. The highest BCUT2D eigenvalue weighted by atomic mass is 15.5. The van der Waals surface area contributed by atoms with Crippen molar-refractivity contribution in [1.29, 1.82) is 0 Å². The Bertz CT molecular complexity index is 1020. The van der Waals surface area contributed by atoms with E-state index >= 15 is 0 Å². The van der Waals surface area contributed by atoms with Gasteiger partial charge in [-0.3, -0.25) is 0 Å². The smallest absolute Gasteiger partial charge is 0.205 e. The Morgan fingerprint density at radius 3 is 2.67 bits per heavy atom. The summed E-state index contributed by atoms with van der Waals surface area (Å²) in [5.41, 5.74) is 10.2. The van der Waals surface area contributed by atoms with E-state index in [0.29, 0.717) is 18.2 Å². The van der Waals surface area contributed by atoms with Gasteiger partial charge in [0.05, 0.1) is 0 Å². The van der Waals surface area contributed by atoms with Gasteiger partial charge in [0.1, 0.15) is 11.6 Å². The topological polar surface area (TPSA) is 98.3 Å². The van der Waals surface area contributed by atoms with Crippen molar-refractivity contribution in [2.75, 3.05) is 5.73 Å². The van der Waals surface area contributed by atoms with Gasteiger partial charge in [-0.05, 0) is 34.4 Å². The van der Waals surface area contributed by atoms with Crippen molar-refractivity contribution in [2.24, 2.45) is 0 Å². The van der Waals surface area contributed by atoms with Crippen LogP contribution in [0.2, 0.25) is 0 Å². The van der Waals surface area contributed by atoms with Gasteiger partial charge in [0, 0.05) is 24.7 Å². The summed E-state index contributed by atoms with van der Waals surface area (Å²) in [6.45, 7) is 2.83. The lowest BCUT2D eigenvalue weighted by Gasteiger charge is -2.12. The van der Waals surface area contributed by atoms with E-state index in [-0.39, 0.29) is 0 Å². The van der Waals surface area contributed by atoms with E-state index in [1.54, 1.807) is 0 Å². The Labute approximate surface area is 157 Å². The molecule has 0 aliphatic rings. The number of nitrogens with two attached hydrogens (primary N) is 1. The van der Waals surface area contributed by atoms with Crippen LogP contribution in [0.25, 0.3) is 22.5 Å². The number of aromatic amines is 1. The highest BCUT2D eigenvalue weighted by molar-refractivity contribution is 5.80. The van der Waals surface area contributed by atoms with Crippen LogP contribution >= 0.6 is 0 Å². The Hall–Kier alpha value is -3.48. The van der Waals surface area contributed by atoms with Gasteiger partial charge >= 0.3 is 0 Å². The second-order valence-electron chi connectivity index (χ2n) is 6.44. The summed E-state index contributed by atoms with van der Waals surface area (Å²) in [5, 5.41) is 14.6. The summed E-state index contributed by atoms with van der Waals surface area (Å²) in [6.07, 6.45) is 3.82. The molecule has 0 radical (unpaired) electrons. The van der Waals surface area contributed by atoms with Gasteiger partial charge in [-0.2, -0.15) is 5.21 Å². The number of nitrogens with one attached hydrogen (secondary N) is 1. The van der Waals surface area contributed by atoms with Gasteiger partial charge in [-0.25, -0.2) is 4.98 Å². The average Bonchev–Trinajstić information content (AvgIpc) is 3.33. The molecule has 7 nitrogen and oxygen atoms in total. The molecule has 2 aromatic carbocycles. The maximum atomic E-state index is 5.91. The van der Waals surface area contributed by atoms with Crippen molar-refractivity contribution < 1.29 is 0 Å². The van der Waals surface area contributed by atoms with Crippen molar-refractivity contribution in [2.45, 2.75) is 26.3 Å². The first-order valence-electron chi connectivity index (χ1n) is 8.98. The van der Waals surface area contributed by atoms with Crippen LogP contribution in [0.1, 0.15) is 24.7 Å². The number of nitrogen functional groups attached to an aromatic ring is 1. The minimum Gasteiger partial charge on any atom is -0.382 e. The zero-order valence-electron chi connectivity index (χ0n) is 15.1. The van der Waals surface area contributed by atoms with E-state index in [2.05, 4.69) is 67.4 Å². The molecular formula is C20H21N7. The summed E-state index contributed by atoms with van der Waals surface area (Å²) < 4.78 is 2.11. The molecular weight excluding hydrogens is 338 g/mol. The van der Waals surface area contributed by atoms with Gasteiger partial charge < -0.3 is 10.3 Å². The molecule has 27 heavy (non-hydrogen) atoms. The van der Waals surface area contributed by atoms with E-state index in [1.807, 2.05) is 24.4 Å². The van der Waals surface area contributed by atoms with Crippen molar-refractivity contribution >= 4 is 5.82 Å². The summed E-state index contributed by atoms with van der Waals surface area (Å²) in [5.74, 6) is 2.13. The molecule has 0 unspecified atom stereocenters. The fourth-order valence-electron chi connectivity index (χ4n) is 3.25. The van der Waals surface area contributed by atoms with E-state index in [9.17, 15) is 0 Å². The van der Waals surface area contributed by atoms with Gasteiger partial charge in [0.15, 0.2) is 0 Å². The maximum Gasteiger partial charge on any atom is 0.205 e. The fraction of sp³-hybridized carbons (Fsp3) is 0.200. The molecule has 4 rings (SSSR count). The highest BCUT2D eigenvalue weighted by Crippen LogP contribution is 2.31. The molecule has 0 atom stereocenters. The highest BCUT2D eigenvalue weighted by Gasteiger charge is 2.13. The molecule has 2 aromatic heterocycles. The van der Waals surface area contributed by atoms with E-state index < -0.39 is 0 Å².